The third kappa shape index (κ3) is 5.54. The molecule has 1 fully saturated rings. The van der Waals surface area contributed by atoms with Crippen molar-refractivity contribution in [2.24, 2.45) is 0 Å². The van der Waals surface area contributed by atoms with E-state index in [0.717, 1.165) is 17.4 Å². The molecule has 1 atom stereocenters. The van der Waals surface area contributed by atoms with E-state index in [4.69, 9.17) is 21.4 Å². The molecular weight excluding hydrogens is 507 g/mol. The maximum Gasteiger partial charge on any atom is 0.309 e. The van der Waals surface area contributed by atoms with Crippen LogP contribution in [0, 0.1) is 5.82 Å². The minimum atomic E-state index is -3.43. The van der Waals surface area contributed by atoms with E-state index in [2.05, 4.69) is 10.3 Å². The summed E-state index contributed by atoms with van der Waals surface area (Å²) < 4.78 is 45.0. The molecule has 1 unspecified atom stereocenters. The maximum atomic E-state index is 14.4. The van der Waals surface area contributed by atoms with E-state index < -0.39 is 33.6 Å². The van der Waals surface area contributed by atoms with Crippen molar-refractivity contribution in [2.45, 2.75) is 35.5 Å². The zero-order chi connectivity index (χ0) is 24.5. The third-order valence-corrected chi connectivity index (χ3v) is 8.29. The maximum absolute atomic E-state index is 14.4. The molecule has 1 heterocycles. The van der Waals surface area contributed by atoms with Crippen LogP contribution in [0.3, 0.4) is 0 Å². The van der Waals surface area contributed by atoms with Crippen LogP contribution in [0.4, 0.5) is 9.52 Å². The van der Waals surface area contributed by atoms with Crippen molar-refractivity contribution in [2.75, 3.05) is 5.32 Å². The molecule has 0 radical (unpaired) electrons. The molecule has 2 N–H and O–H groups in total. The standard InChI is InChI=1S/C22H18ClFN2O6S2/c23-13-3-8-18(17(24)9-13)32-20(21(29)26-22-25-14(11-33-22)10-19(27)28)12-1-4-15(5-2-12)34(30,31)16-6-7-16/h1-5,8-9,11,16,20H,6-7,10H2,(H,27,28)(H,25,26,29). The first-order valence-corrected chi connectivity index (χ1v) is 12.9. The van der Waals surface area contributed by atoms with E-state index in [1.807, 2.05) is 0 Å². The Morgan fingerprint density at radius 1 is 1.24 bits per heavy atom. The van der Waals surface area contributed by atoms with Gasteiger partial charge in [-0.25, -0.2) is 17.8 Å². The summed E-state index contributed by atoms with van der Waals surface area (Å²) in [7, 11) is -3.43. The number of hydrogen-bond donors (Lipinski definition) is 2. The van der Waals surface area contributed by atoms with Crippen LogP contribution in [0.5, 0.6) is 5.75 Å². The van der Waals surface area contributed by atoms with Gasteiger partial charge in [-0.05, 0) is 43.2 Å². The highest BCUT2D eigenvalue weighted by Gasteiger charge is 2.37. The van der Waals surface area contributed by atoms with Crippen LogP contribution in [0.1, 0.15) is 30.2 Å². The number of halogens is 2. The smallest absolute Gasteiger partial charge is 0.309 e. The van der Waals surface area contributed by atoms with E-state index in [1.54, 1.807) is 0 Å². The average Bonchev–Trinajstić information content (AvgIpc) is 3.55. The first kappa shape index (κ1) is 24.1. The van der Waals surface area contributed by atoms with Crippen molar-refractivity contribution in [3.8, 4) is 5.75 Å². The SMILES string of the molecule is O=C(O)Cc1csc(NC(=O)C(Oc2ccc(Cl)cc2F)c2ccc(S(=O)(=O)C3CC3)cc2)n1. The van der Waals surface area contributed by atoms with E-state index >= 15 is 0 Å². The summed E-state index contributed by atoms with van der Waals surface area (Å²) in [5.41, 5.74) is 0.549. The molecule has 1 saturated carbocycles. The van der Waals surface area contributed by atoms with Crippen LogP contribution in [0.25, 0.3) is 0 Å². The molecule has 34 heavy (non-hydrogen) atoms. The summed E-state index contributed by atoms with van der Waals surface area (Å²) in [5.74, 6) is -2.78. The van der Waals surface area contributed by atoms with Crippen molar-refractivity contribution in [3.05, 3.63) is 69.9 Å². The molecule has 3 aromatic rings. The quantitative estimate of drug-likeness (QED) is 0.429. The molecule has 1 amide bonds. The van der Waals surface area contributed by atoms with Gasteiger partial charge in [-0.3, -0.25) is 14.9 Å². The van der Waals surface area contributed by atoms with E-state index in [9.17, 15) is 22.4 Å². The van der Waals surface area contributed by atoms with Gasteiger partial charge in [0.1, 0.15) is 0 Å². The highest BCUT2D eigenvalue weighted by atomic mass is 35.5. The zero-order valence-electron chi connectivity index (χ0n) is 17.4. The second kappa shape index (κ2) is 9.69. The molecule has 0 aliphatic heterocycles. The molecule has 4 rings (SSSR count). The number of anilines is 1. The van der Waals surface area contributed by atoms with Crippen molar-refractivity contribution in [1.29, 1.82) is 0 Å². The van der Waals surface area contributed by atoms with Crippen LogP contribution in [-0.2, 0) is 25.8 Å². The number of carbonyl (C=O) groups excluding carboxylic acids is 1. The topological polar surface area (TPSA) is 123 Å². The molecule has 1 aromatic heterocycles. The van der Waals surface area contributed by atoms with Crippen molar-refractivity contribution < 1.29 is 32.2 Å². The lowest BCUT2D eigenvalue weighted by Gasteiger charge is -2.19. The summed E-state index contributed by atoms with van der Waals surface area (Å²) in [6.45, 7) is 0. The number of aliphatic carboxylic acids is 1. The summed E-state index contributed by atoms with van der Waals surface area (Å²) in [6.07, 6.45) is -0.434. The average molecular weight is 525 g/mol. The van der Waals surface area contributed by atoms with Gasteiger partial charge in [0.25, 0.3) is 5.91 Å². The minimum Gasteiger partial charge on any atom is -0.481 e. The summed E-state index contributed by atoms with van der Waals surface area (Å²) in [5, 5.41) is 12.8. The Kier molecular flexibility index (Phi) is 6.87. The highest BCUT2D eigenvalue weighted by Crippen LogP contribution is 2.34. The largest absolute Gasteiger partial charge is 0.481 e. The number of nitrogens with one attached hydrogen (secondary N) is 1. The zero-order valence-corrected chi connectivity index (χ0v) is 19.8. The van der Waals surface area contributed by atoms with Gasteiger partial charge >= 0.3 is 5.97 Å². The number of ether oxygens (including phenoxy) is 1. The number of benzene rings is 2. The van der Waals surface area contributed by atoms with Gasteiger partial charge in [0.15, 0.2) is 26.5 Å². The van der Waals surface area contributed by atoms with Gasteiger partial charge in [-0.1, -0.05) is 23.7 Å². The number of hydrogen-bond acceptors (Lipinski definition) is 7. The van der Waals surface area contributed by atoms with Gasteiger partial charge in [-0.2, -0.15) is 0 Å². The Morgan fingerprint density at radius 2 is 1.94 bits per heavy atom. The molecule has 0 saturated heterocycles. The van der Waals surface area contributed by atoms with Crippen molar-refractivity contribution in [3.63, 3.8) is 0 Å². The molecule has 12 heteroatoms. The van der Waals surface area contributed by atoms with Crippen LogP contribution >= 0.6 is 22.9 Å². The van der Waals surface area contributed by atoms with E-state index in [-0.39, 0.29) is 43.7 Å². The first-order valence-electron chi connectivity index (χ1n) is 10.1. The summed E-state index contributed by atoms with van der Waals surface area (Å²) in [4.78, 5) is 28.1. The fourth-order valence-corrected chi connectivity index (χ4v) is 5.67. The Hall–Kier alpha value is -3.02. The molecule has 1 aliphatic rings. The molecule has 2 aromatic carbocycles. The Morgan fingerprint density at radius 3 is 2.56 bits per heavy atom. The number of aromatic nitrogens is 1. The van der Waals surface area contributed by atoms with Crippen LogP contribution in [0.15, 0.2) is 52.7 Å². The monoisotopic (exact) mass is 524 g/mol. The number of rotatable bonds is 9. The Balaban J connectivity index is 1.61. The second-order valence-electron chi connectivity index (χ2n) is 7.59. The molecular formula is C22H18ClFN2O6S2. The van der Waals surface area contributed by atoms with Crippen LogP contribution < -0.4 is 10.1 Å². The molecule has 0 spiro atoms. The number of carboxylic acids is 1. The predicted octanol–water partition coefficient (Wildman–Crippen LogP) is 4.26. The van der Waals surface area contributed by atoms with Gasteiger partial charge in [0.2, 0.25) is 6.10 Å². The second-order valence-corrected chi connectivity index (χ2v) is 11.1. The van der Waals surface area contributed by atoms with Crippen LogP contribution in [0.2, 0.25) is 5.02 Å². The number of carboxylic acid groups (broad SMARTS) is 1. The van der Waals surface area contributed by atoms with Crippen LogP contribution in [-0.4, -0.2) is 35.6 Å². The van der Waals surface area contributed by atoms with Gasteiger partial charge in [0.05, 0.1) is 22.3 Å². The van der Waals surface area contributed by atoms with E-state index in [1.165, 1.54) is 41.8 Å². The number of sulfone groups is 1. The highest BCUT2D eigenvalue weighted by molar-refractivity contribution is 7.92. The number of amides is 1. The molecule has 0 bridgehead atoms. The fourth-order valence-electron chi connectivity index (χ4n) is 3.15. The fraction of sp³-hybridized carbons (Fsp3) is 0.227. The number of carbonyl (C=O) groups is 2. The lowest BCUT2D eigenvalue weighted by atomic mass is 10.1. The molecule has 1 aliphatic carbocycles. The van der Waals surface area contributed by atoms with Crippen molar-refractivity contribution in [1.82, 2.24) is 4.98 Å². The minimum absolute atomic E-state index is 0.133. The predicted molar refractivity (Wildman–Crippen MR) is 124 cm³/mol. The van der Waals surface area contributed by atoms with Gasteiger partial charge in [0, 0.05) is 16.0 Å². The van der Waals surface area contributed by atoms with Gasteiger partial charge < -0.3 is 9.84 Å². The van der Waals surface area contributed by atoms with E-state index in [0.29, 0.717) is 12.8 Å². The number of nitrogens with zero attached hydrogens (tertiary/aromatic N) is 1. The Bertz CT molecular complexity index is 1340. The van der Waals surface area contributed by atoms with Crippen molar-refractivity contribution >= 4 is 49.8 Å². The normalized spacial score (nSPS) is 14.4. The molecule has 8 nitrogen and oxygen atoms in total. The molecule has 178 valence electrons. The Labute approximate surface area is 203 Å². The third-order valence-electron chi connectivity index (χ3n) is 4.97. The lowest BCUT2D eigenvalue weighted by Crippen LogP contribution is -2.26. The summed E-state index contributed by atoms with van der Waals surface area (Å²) >= 11 is 6.82. The lowest BCUT2D eigenvalue weighted by molar-refractivity contribution is -0.136. The first-order chi connectivity index (χ1) is 16.1. The number of thiazole rings is 1. The summed E-state index contributed by atoms with van der Waals surface area (Å²) in [6, 6.07) is 9.36. The van der Waals surface area contributed by atoms with Gasteiger partial charge in [-0.15, -0.1) is 11.3 Å².